The summed E-state index contributed by atoms with van der Waals surface area (Å²) in [5.74, 6) is -0.928. The first-order chi connectivity index (χ1) is 9.16. The summed E-state index contributed by atoms with van der Waals surface area (Å²) in [5, 5.41) is 12.1. The van der Waals surface area contributed by atoms with Gasteiger partial charge in [-0.2, -0.15) is 0 Å². The number of aromatic carboxylic acids is 1. The molecule has 4 nitrogen and oxygen atoms in total. The Bertz CT molecular complexity index is 573. The van der Waals surface area contributed by atoms with E-state index < -0.39 is 5.97 Å². The van der Waals surface area contributed by atoms with E-state index in [0.717, 1.165) is 28.7 Å². The van der Waals surface area contributed by atoms with Crippen molar-refractivity contribution in [3.63, 3.8) is 0 Å². The molecule has 0 atom stereocenters. The molecule has 0 unspecified atom stereocenters. The standard InChI is InChI=1S/C14H13BrN2O2/c15-12-8-11(14(18)19)3-4-13(12)17-7-5-10-2-1-6-16-9-10/h1-4,6,8-9,17H,5,7H2,(H,18,19). The van der Waals surface area contributed by atoms with Crippen LogP contribution in [-0.2, 0) is 6.42 Å². The summed E-state index contributed by atoms with van der Waals surface area (Å²) in [6, 6.07) is 8.87. The van der Waals surface area contributed by atoms with E-state index in [2.05, 4.69) is 26.2 Å². The number of rotatable bonds is 5. The van der Waals surface area contributed by atoms with Gasteiger partial charge in [-0.25, -0.2) is 4.79 Å². The average Bonchev–Trinajstić information content (AvgIpc) is 2.41. The second-order valence-electron chi connectivity index (χ2n) is 4.04. The lowest BCUT2D eigenvalue weighted by Crippen LogP contribution is -2.06. The van der Waals surface area contributed by atoms with Crippen molar-refractivity contribution in [2.24, 2.45) is 0 Å². The molecule has 0 amide bonds. The minimum Gasteiger partial charge on any atom is -0.478 e. The van der Waals surface area contributed by atoms with E-state index in [4.69, 9.17) is 5.11 Å². The molecule has 2 aromatic rings. The zero-order chi connectivity index (χ0) is 13.7. The van der Waals surface area contributed by atoms with Crippen molar-refractivity contribution in [3.05, 3.63) is 58.3 Å². The molecule has 0 radical (unpaired) electrons. The zero-order valence-electron chi connectivity index (χ0n) is 10.1. The smallest absolute Gasteiger partial charge is 0.335 e. The molecule has 1 heterocycles. The highest BCUT2D eigenvalue weighted by atomic mass is 79.9. The van der Waals surface area contributed by atoms with Crippen molar-refractivity contribution in [1.82, 2.24) is 4.98 Å². The number of carbonyl (C=O) groups is 1. The predicted molar refractivity (Wildman–Crippen MR) is 77.5 cm³/mol. The van der Waals surface area contributed by atoms with Crippen LogP contribution in [0.3, 0.4) is 0 Å². The van der Waals surface area contributed by atoms with E-state index in [-0.39, 0.29) is 5.56 Å². The Morgan fingerprint density at radius 1 is 1.37 bits per heavy atom. The van der Waals surface area contributed by atoms with E-state index in [1.165, 1.54) is 0 Å². The van der Waals surface area contributed by atoms with Crippen LogP contribution in [0, 0.1) is 0 Å². The molecule has 19 heavy (non-hydrogen) atoms. The number of nitrogens with one attached hydrogen (secondary N) is 1. The van der Waals surface area contributed by atoms with Gasteiger partial charge in [0.25, 0.3) is 0 Å². The summed E-state index contributed by atoms with van der Waals surface area (Å²) in [6.45, 7) is 0.761. The maximum atomic E-state index is 10.8. The van der Waals surface area contributed by atoms with Gasteiger partial charge in [0.15, 0.2) is 0 Å². The summed E-state index contributed by atoms with van der Waals surface area (Å²) in [5.41, 5.74) is 2.31. The summed E-state index contributed by atoms with van der Waals surface area (Å²) in [4.78, 5) is 14.9. The van der Waals surface area contributed by atoms with E-state index in [9.17, 15) is 4.79 Å². The number of anilines is 1. The minimum atomic E-state index is -0.928. The summed E-state index contributed by atoms with van der Waals surface area (Å²) >= 11 is 3.36. The van der Waals surface area contributed by atoms with Gasteiger partial charge >= 0.3 is 5.97 Å². The summed E-state index contributed by atoms with van der Waals surface area (Å²) < 4.78 is 0.749. The predicted octanol–water partition coefficient (Wildman–Crippen LogP) is 3.20. The van der Waals surface area contributed by atoms with Crippen molar-refractivity contribution >= 4 is 27.6 Å². The Labute approximate surface area is 119 Å². The van der Waals surface area contributed by atoms with Gasteiger partial charge in [-0.05, 0) is 52.2 Å². The molecule has 0 aliphatic rings. The first-order valence-corrected chi connectivity index (χ1v) is 6.62. The fourth-order valence-electron chi connectivity index (χ4n) is 1.68. The minimum absolute atomic E-state index is 0.268. The highest BCUT2D eigenvalue weighted by molar-refractivity contribution is 9.10. The van der Waals surface area contributed by atoms with E-state index in [1.54, 1.807) is 24.4 Å². The molecule has 0 bridgehead atoms. The number of hydrogen-bond acceptors (Lipinski definition) is 3. The number of nitrogens with zero attached hydrogens (tertiary/aromatic N) is 1. The zero-order valence-corrected chi connectivity index (χ0v) is 11.7. The average molecular weight is 321 g/mol. The van der Waals surface area contributed by atoms with Gasteiger partial charge in [0.2, 0.25) is 0 Å². The van der Waals surface area contributed by atoms with Crippen LogP contribution in [0.25, 0.3) is 0 Å². The molecular weight excluding hydrogens is 308 g/mol. The molecule has 0 saturated carbocycles. The van der Waals surface area contributed by atoms with Crippen molar-refractivity contribution in [2.75, 3.05) is 11.9 Å². The van der Waals surface area contributed by atoms with E-state index >= 15 is 0 Å². The normalized spacial score (nSPS) is 10.2. The third-order valence-electron chi connectivity index (χ3n) is 2.67. The molecule has 0 aliphatic heterocycles. The third-order valence-corrected chi connectivity index (χ3v) is 3.32. The maximum absolute atomic E-state index is 10.8. The van der Waals surface area contributed by atoms with Crippen molar-refractivity contribution in [1.29, 1.82) is 0 Å². The summed E-state index contributed by atoms with van der Waals surface area (Å²) in [6.07, 6.45) is 4.45. The second kappa shape index (κ2) is 6.33. The molecule has 0 saturated heterocycles. The van der Waals surface area contributed by atoms with Crippen LogP contribution >= 0.6 is 15.9 Å². The monoisotopic (exact) mass is 320 g/mol. The maximum Gasteiger partial charge on any atom is 0.335 e. The van der Waals surface area contributed by atoms with Crippen LogP contribution in [0.1, 0.15) is 15.9 Å². The highest BCUT2D eigenvalue weighted by Crippen LogP contribution is 2.23. The molecule has 5 heteroatoms. The first-order valence-electron chi connectivity index (χ1n) is 5.82. The number of carboxylic acid groups (broad SMARTS) is 1. The van der Waals surface area contributed by atoms with E-state index in [0.29, 0.717) is 0 Å². The van der Waals surface area contributed by atoms with Gasteiger partial charge in [-0.1, -0.05) is 6.07 Å². The van der Waals surface area contributed by atoms with Crippen molar-refractivity contribution in [2.45, 2.75) is 6.42 Å². The topological polar surface area (TPSA) is 62.2 Å². The number of halogens is 1. The highest BCUT2D eigenvalue weighted by Gasteiger charge is 2.06. The van der Waals surface area contributed by atoms with E-state index in [1.807, 2.05) is 18.3 Å². The second-order valence-corrected chi connectivity index (χ2v) is 4.89. The fraction of sp³-hybridized carbons (Fsp3) is 0.143. The van der Waals surface area contributed by atoms with Gasteiger partial charge in [-0.3, -0.25) is 4.98 Å². The first kappa shape index (κ1) is 13.5. The number of pyridine rings is 1. The number of carboxylic acids is 1. The molecule has 0 spiro atoms. The van der Waals surface area contributed by atoms with Crippen LogP contribution in [0.15, 0.2) is 47.2 Å². The van der Waals surface area contributed by atoms with Gasteiger partial charge < -0.3 is 10.4 Å². The van der Waals surface area contributed by atoms with Gasteiger partial charge in [-0.15, -0.1) is 0 Å². The Morgan fingerprint density at radius 2 is 2.21 bits per heavy atom. The molecule has 0 fully saturated rings. The van der Waals surface area contributed by atoms with Gasteiger partial charge in [0.05, 0.1) is 5.56 Å². The van der Waals surface area contributed by atoms with Crippen LogP contribution < -0.4 is 5.32 Å². The molecule has 0 aliphatic carbocycles. The Hall–Kier alpha value is -1.88. The van der Waals surface area contributed by atoms with Gasteiger partial charge in [0.1, 0.15) is 0 Å². The quantitative estimate of drug-likeness (QED) is 0.888. The lowest BCUT2D eigenvalue weighted by molar-refractivity contribution is 0.0697. The Balaban J connectivity index is 1.95. The van der Waals surface area contributed by atoms with Crippen LogP contribution in [0.4, 0.5) is 5.69 Å². The molecule has 2 N–H and O–H groups in total. The van der Waals surface area contributed by atoms with Crippen molar-refractivity contribution < 1.29 is 9.90 Å². The molecule has 2 rings (SSSR count). The molecule has 1 aromatic carbocycles. The Kier molecular flexibility index (Phi) is 4.52. The Morgan fingerprint density at radius 3 is 2.84 bits per heavy atom. The number of hydrogen-bond donors (Lipinski definition) is 2. The number of benzene rings is 1. The SMILES string of the molecule is O=C(O)c1ccc(NCCc2cccnc2)c(Br)c1. The van der Waals surface area contributed by atoms with Crippen LogP contribution in [0.5, 0.6) is 0 Å². The molecule has 1 aromatic heterocycles. The van der Waals surface area contributed by atoms with Crippen molar-refractivity contribution in [3.8, 4) is 0 Å². The summed E-state index contributed by atoms with van der Waals surface area (Å²) in [7, 11) is 0. The largest absolute Gasteiger partial charge is 0.478 e. The third kappa shape index (κ3) is 3.79. The fourth-order valence-corrected chi connectivity index (χ4v) is 2.20. The van der Waals surface area contributed by atoms with Crippen LogP contribution in [0.2, 0.25) is 0 Å². The lowest BCUT2D eigenvalue weighted by Gasteiger charge is -2.09. The molecular formula is C14H13BrN2O2. The number of aromatic nitrogens is 1. The van der Waals surface area contributed by atoms with Crippen LogP contribution in [-0.4, -0.2) is 22.6 Å². The van der Waals surface area contributed by atoms with Gasteiger partial charge in [0, 0.05) is 29.1 Å². The molecule has 98 valence electrons. The lowest BCUT2D eigenvalue weighted by atomic mass is 10.2.